The van der Waals surface area contributed by atoms with E-state index in [-0.39, 0.29) is 22.6 Å². The summed E-state index contributed by atoms with van der Waals surface area (Å²) in [7, 11) is 1.09. The molecule has 0 unspecified atom stereocenters. The van der Waals surface area contributed by atoms with Gasteiger partial charge >= 0.3 is 6.18 Å². The fourth-order valence-corrected chi connectivity index (χ4v) is 4.28. The van der Waals surface area contributed by atoms with Gasteiger partial charge in [-0.3, -0.25) is 4.79 Å². The summed E-state index contributed by atoms with van der Waals surface area (Å²) < 4.78 is 82.5. The number of alkyl halides is 3. The predicted molar refractivity (Wildman–Crippen MR) is 105 cm³/mol. The van der Waals surface area contributed by atoms with Crippen molar-refractivity contribution in [3.8, 4) is 5.75 Å². The van der Waals surface area contributed by atoms with E-state index in [1.165, 1.54) is 31.3 Å². The van der Waals surface area contributed by atoms with Gasteiger partial charge in [-0.25, -0.2) is 13.9 Å². The van der Waals surface area contributed by atoms with Crippen molar-refractivity contribution in [2.75, 3.05) is 7.11 Å². The Hall–Kier alpha value is -3.28. The fourth-order valence-electron chi connectivity index (χ4n) is 4.28. The van der Waals surface area contributed by atoms with Crippen LogP contribution in [-0.2, 0) is 4.74 Å². The maximum atomic E-state index is 14.5. The van der Waals surface area contributed by atoms with Crippen LogP contribution in [0.25, 0.3) is 5.65 Å². The largest absolute Gasteiger partial charge is 0.493 e. The van der Waals surface area contributed by atoms with Crippen LogP contribution in [0, 0.1) is 17.6 Å². The molecule has 1 fully saturated rings. The highest BCUT2D eigenvalue weighted by molar-refractivity contribution is 5.90. The molecule has 0 aliphatic carbocycles. The van der Waals surface area contributed by atoms with E-state index in [9.17, 15) is 26.7 Å². The summed E-state index contributed by atoms with van der Waals surface area (Å²) in [4.78, 5) is 15.7. The minimum atomic E-state index is -4.79. The van der Waals surface area contributed by atoms with Crippen LogP contribution in [0.1, 0.15) is 47.6 Å². The van der Waals surface area contributed by atoms with Crippen molar-refractivity contribution in [3.63, 3.8) is 0 Å². The number of carbonyl (C=O) groups excluding carboxylic acids is 1. The van der Waals surface area contributed by atoms with Gasteiger partial charge in [-0.2, -0.15) is 22.7 Å². The standard InChI is InChI=1S/C21H19F5N4O3/c1-9-15(10-4-5-11(22)16(23)17(10)32-3)18(33-20(9,2)21(24,25)26)13-8-28-14-7-6-12(19(27)31)29-30(13)14/h4-9,15,18H,1-3H3,(H2,27,31)/t9-,15-,18-,20+/m0/s1. The van der Waals surface area contributed by atoms with Gasteiger partial charge in [0.25, 0.3) is 5.91 Å². The van der Waals surface area contributed by atoms with Crippen LogP contribution in [-0.4, -0.2) is 39.4 Å². The third-order valence-electron chi connectivity index (χ3n) is 6.24. The average Bonchev–Trinajstić information content (AvgIpc) is 3.28. The van der Waals surface area contributed by atoms with Crippen LogP contribution >= 0.6 is 0 Å². The van der Waals surface area contributed by atoms with Crippen molar-refractivity contribution >= 4 is 11.6 Å². The summed E-state index contributed by atoms with van der Waals surface area (Å²) in [5.74, 6) is -6.30. The molecule has 12 heteroatoms. The normalized spacial score (nSPS) is 25.5. The lowest BCUT2D eigenvalue weighted by Gasteiger charge is -2.32. The van der Waals surface area contributed by atoms with Crippen LogP contribution in [0.2, 0.25) is 0 Å². The Labute approximate surface area is 184 Å². The summed E-state index contributed by atoms with van der Waals surface area (Å²) in [6.45, 7) is 2.20. The Morgan fingerprint density at radius 3 is 2.55 bits per heavy atom. The van der Waals surface area contributed by atoms with Gasteiger partial charge in [-0.1, -0.05) is 13.0 Å². The summed E-state index contributed by atoms with van der Waals surface area (Å²) >= 11 is 0. The molecule has 0 saturated carbocycles. The minimum Gasteiger partial charge on any atom is -0.493 e. The summed E-state index contributed by atoms with van der Waals surface area (Å²) in [5.41, 5.74) is 2.77. The summed E-state index contributed by atoms with van der Waals surface area (Å²) in [6, 6.07) is 4.73. The van der Waals surface area contributed by atoms with Gasteiger partial charge in [0, 0.05) is 17.4 Å². The van der Waals surface area contributed by atoms with Crippen molar-refractivity contribution in [1.82, 2.24) is 14.6 Å². The van der Waals surface area contributed by atoms with Gasteiger partial charge in [-0.15, -0.1) is 0 Å². The molecule has 2 N–H and O–H groups in total. The number of carbonyl (C=O) groups is 1. The number of benzene rings is 1. The highest BCUT2D eigenvalue weighted by atomic mass is 19.4. The molecule has 1 amide bonds. The Kier molecular flexibility index (Phi) is 5.31. The highest BCUT2D eigenvalue weighted by Crippen LogP contribution is 2.59. The molecule has 1 saturated heterocycles. The average molecular weight is 470 g/mol. The first-order valence-corrected chi connectivity index (χ1v) is 9.81. The molecular formula is C21H19F5N4O3. The number of hydrogen-bond donors (Lipinski definition) is 1. The maximum absolute atomic E-state index is 14.5. The summed E-state index contributed by atoms with van der Waals surface area (Å²) in [5, 5.41) is 4.07. The molecule has 33 heavy (non-hydrogen) atoms. The van der Waals surface area contributed by atoms with E-state index in [2.05, 4.69) is 10.1 Å². The molecule has 0 radical (unpaired) electrons. The monoisotopic (exact) mass is 470 g/mol. The minimum absolute atomic E-state index is 0.0112. The first-order chi connectivity index (χ1) is 15.4. The fraction of sp³-hybridized carbons (Fsp3) is 0.381. The number of amides is 1. The lowest BCUT2D eigenvalue weighted by Crippen LogP contribution is -2.46. The van der Waals surface area contributed by atoms with E-state index in [1.807, 2.05) is 0 Å². The second kappa shape index (κ2) is 7.65. The van der Waals surface area contributed by atoms with Crippen LogP contribution in [0.15, 0.2) is 30.5 Å². The van der Waals surface area contributed by atoms with E-state index in [0.29, 0.717) is 0 Å². The molecule has 2 aromatic heterocycles. The van der Waals surface area contributed by atoms with Crippen molar-refractivity contribution < 1.29 is 36.2 Å². The molecule has 176 valence electrons. The number of primary amides is 1. The van der Waals surface area contributed by atoms with E-state index in [1.54, 1.807) is 0 Å². The Morgan fingerprint density at radius 1 is 1.24 bits per heavy atom. The van der Waals surface area contributed by atoms with Crippen molar-refractivity contribution in [3.05, 3.63) is 59.0 Å². The summed E-state index contributed by atoms with van der Waals surface area (Å²) in [6.07, 6.45) is -4.89. The Morgan fingerprint density at radius 2 is 1.94 bits per heavy atom. The number of methoxy groups -OCH3 is 1. The molecular weight excluding hydrogens is 451 g/mol. The second-order valence-electron chi connectivity index (χ2n) is 7.98. The number of nitrogens with two attached hydrogens (primary N) is 1. The lowest BCUT2D eigenvalue weighted by atomic mass is 9.76. The molecule has 0 spiro atoms. The predicted octanol–water partition coefficient (Wildman–Crippen LogP) is 3.93. The molecule has 1 aromatic carbocycles. The van der Waals surface area contributed by atoms with Gasteiger partial charge in [-0.05, 0) is 25.1 Å². The molecule has 1 aliphatic rings. The molecule has 0 bridgehead atoms. The molecule has 1 aliphatic heterocycles. The SMILES string of the molecule is COc1c([C@H]2[C@H](c3cnc4ccc(C(N)=O)nn34)O[C@@](C)(C(F)(F)F)[C@H]2C)ccc(F)c1F. The number of aromatic nitrogens is 3. The van der Waals surface area contributed by atoms with Crippen LogP contribution in [0.3, 0.4) is 0 Å². The zero-order chi connectivity index (χ0) is 24.3. The van der Waals surface area contributed by atoms with E-state index in [0.717, 1.165) is 24.6 Å². The Balaban J connectivity index is 1.96. The zero-order valence-corrected chi connectivity index (χ0v) is 17.7. The number of rotatable bonds is 4. The van der Waals surface area contributed by atoms with Gasteiger partial charge in [0.05, 0.1) is 19.0 Å². The Bertz CT molecular complexity index is 1240. The molecule has 4 rings (SSSR count). The lowest BCUT2D eigenvalue weighted by molar-refractivity contribution is -0.275. The first-order valence-electron chi connectivity index (χ1n) is 9.81. The van der Waals surface area contributed by atoms with Crippen molar-refractivity contribution in [1.29, 1.82) is 0 Å². The van der Waals surface area contributed by atoms with Gasteiger partial charge in [0.1, 0.15) is 11.8 Å². The first kappa shape index (κ1) is 22.9. The number of hydrogen-bond acceptors (Lipinski definition) is 5. The molecule has 4 atom stereocenters. The van der Waals surface area contributed by atoms with E-state index in [4.69, 9.17) is 15.2 Å². The number of fused-ring (bicyclic) bond motifs is 1. The van der Waals surface area contributed by atoms with E-state index >= 15 is 0 Å². The van der Waals surface area contributed by atoms with Gasteiger partial charge < -0.3 is 15.2 Å². The highest BCUT2D eigenvalue weighted by Gasteiger charge is 2.65. The number of nitrogens with zero attached hydrogens (tertiary/aromatic N) is 3. The smallest absolute Gasteiger partial charge is 0.417 e. The zero-order valence-electron chi connectivity index (χ0n) is 17.7. The van der Waals surface area contributed by atoms with Crippen LogP contribution in [0.5, 0.6) is 5.75 Å². The van der Waals surface area contributed by atoms with Gasteiger partial charge in [0.15, 0.2) is 22.8 Å². The topological polar surface area (TPSA) is 91.7 Å². The maximum Gasteiger partial charge on any atom is 0.417 e. The van der Waals surface area contributed by atoms with Crippen LogP contribution < -0.4 is 10.5 Å². The number of imidazole rings is 1. The third-order valence-corrected chi connectivity index (χ3v) is 6.24. The second-order valence-corrected chi connectivity index (χ2v) is 7.98. The van der Waals surface area contributed by atoms with E-state index < -0.39 is 53.0 Å². The van der Waals surface area contributed by atoms with Crippen molar-refractivity contribution in [2.45, 2.75) is 37.6 Å². The van der Waals surface area contributed by atoms with Gasteiger partial charge in [0.2, 0.25) is 5.82 Å². The number of ether oxygens (including phenoxy) is 2. The number of halogens is 5. The van der Waals surface area contributed by atoms with Crippen LogP contribution in [0.4, 0.5) is 22.0 Å². The molecule has 7 nitrogen and oxygen atoms in total. The third kappa shape index (κ3) is 3.39. The molecule has 3 aromatic rings. The van der Waals surface area contributed by atoms with Crippen molar-refractivity contribution in [2.24, 2.45) is 11.7 Å². The quantitative estimate of drug-likeness (QED) is 0.584. The molecule has 3 heterocycles.